The van der Waals surface area contributed by atoms with Crippen molar-refractivity contribution in [2.45, 2.75) is 11.3 Å². The van der Waals surface area contributed by atoms with Crippen LogP contribution in [0.15, 0.2) is 46.8 Å². The van der Waals surface area contributed by atoms with Crippen LogP contribution in [-0.2, 0) is 4.79 Å². The summed E-state index contributed by atoms with van der Waals surface area (Å²) in [6.07, 6.45) is 0. The molecule has 1 amide bonds. The number of nitro benzene ring substituents is 1. The van der Waals surface area contributed by atoms with Crippen molar-refractivity contribution in [1.29, 1.82) is 0 Å². The third-order valence-corrected chi connectivity index (χ3v) is 5.78. The second kappa shape index (κ2) is 7.79. The summed E-state index contributed by atoms with van der Waals surface area (Å²) in [6.45, 7) is 2.32. The van der Waals surface area contributed by atoms with E-state index in [1.807, 2.05) is 6.92 Å². The fourth-order valence-corrected chi connectivity index (χ4v) is 4.37. The Kier molecular flexibility index (Phi) is 5.48. The van der Waals surface area contributed by atoms with Gasteiger partial charge in [0, 0.05) is 24.4 Å². The summed E-state index contributed by atoms with van der Waals surface area (Å²) in [5.74, 6) is -0.294. The average Bonchev–Trinajstić information content (AvgIpc) is 3.04. The number of thiazole rings is 1. The minimum atomic E-state index is -0.447. The highest BCUT2D eigenvalue weighted by atomic mass is 32.2. The number of nitrogens with zero attached hydrogens (tertiary/aromatic N) is 3. The van der Waals surface area contributed by atoms with Crippen LogP contribution in [0.1, 0.15) is 6.92 Å². The molecule has 0 aliphatic rings. The Morgan fingerprint density at radius 3 is 2.69 bits per heavy atom. The Balaban J connectivity index is 1.71. The van der Waals surface area contributed by atoms with Crippen molar-refractivity contribution < 1.29 is 14.1 Å². The minimum Gasteiger partial charge on any atom is -0.312 e. The van der Waals surface area contributed by atoms with Crippen LogP contribution in [0.5, 0.6) is 0 Å². The quantitative estimate of drug-likeness (QED) is 0.352. The fourth-order valence-electron chi connectivity index (χ4n) is 2.39. The monoisotopic (exact) mass is 391 g/mol. The first-order chi connectivity index (χ1) is 12.5. The van der Waals surface area contributed by atoms with Gasteiger partial charge in [0.15, 0.2) is 4.34 Å². The van der Waals surface area contributed by atoms with Crippen molar-refractivity contribution in [3.63, 3.8) is 0 Å². The molecule has 6 nitrogen and oxygen atoms in total. The number of carbonyl (C=O) groups excluding carboxylic acids is 1. The van der Waals surface area contributed by atoms with Gasteiger partial charge in [-0.2, -0.15) is 0 Å². The van der Waals surface area contributed by atoms with Crippen molar-refractivity contribution in [3.8, 4) is 0 Å². The summed E-state index contributed by atoms with van der Waals surface area (Å²) >= 11 is 2.60. The fraction of sp³-hybridized carbons (Fsp3) is 0.176. The van der Waals surface area contributed by atoms with Crippen LogP contribution in [0.25, 0.3) is 10.2 Å². The molecular weight excluding hydrogens is 377 g/mol. The first kappa shape index (κ1) is 18.3. The van der Waals surface area contributed by atoms with Crippen LogP contribution in [0.3, 0.4) is 0 Å². The number of hydrogen-bond donors (Lipinski definition) is 0. The summed E-state index contributed by atoms with van der Waals surface area (Å²) in [6, 6.07) is 10.3. The van der Waals surface area contributed by atoms with Crippen LogP contribution in [0.2, 0.25) is 0 Å². The molecule has 0 unspecified atom stereocenters. The maximum atomic E-state index is 13.0. The Bertz CT molecular complexity index is 960. The molecule has 9 heteroatoms. The van der Waals surface area contributed by atoms with Gasteiger partial charge < -0.3 is 4.90 Å². The molecule has 1 heterocycles. The zero-order valence-corrected chi connectivity index (χ0v) is 15.3. The van der Waals surface area contributed by atoms with E-state index in [2.05, 4.69) is 4.98 Å². The number of aromatic nitrogens is 1. The van der Waals surface area contributed by atoms with Gasteiger partial charge in [0.1, 0.15) is 5.82 Å². The first-order valence-electron chi connectivity index (χ1n) is 7.71. The number of fused-ring (bicyclic) bond motifs is 1. The molecule has 0 aliphatic carbocycles. The van der Waals surface area contributed by atoms with Gasteiger partial charge in [-0.3, -0.25) is 14.9 Å². The number of benzene rings is 2. The number of thioether (sulfide) groups is 1. The molecule has 1 aromatic heterocycles. The molecule has 3 aromatic rings. The molecule has 0 atom stereocenters. The second-order valence-electron chi connectivity index (χ2n) is 5.29. The molecule has 3 rings (SSSR count). The van der Waals surface area contributed by atoms with Gasteiger partial charge in [-0.25, -0.2) is 9.37 Å². The Labute approximate surface area is 156 Å². The molecule has 134 valence electrons. The Morgan fingerprint density at radius 1 is 1.31 bits per heavy atom. The number of halogens is 1. The molecule has 0 fully saturated rings. The lowest BCUT2D eigenvalue weighted by molar-refractivity contribution is -0.384. The molecule has 0 N–H and O–H groups in total. The summed E-state index contributed by atoms with van der Waals surface area (Å²) in [4.78, 5) is 28.9. The number of hydrogen-bond acceptors (Lipinski definition) is 6. The van der Waals surface area contributed by atoms with Crippen molar-refractivity contribution >= 4 is 50.6 Å². The van der Waals surface area contributed by atoms with E-state index in [1.165, 1.54) is 47.4 Å². The number of carbonyl (C=O) groups is 1. The summed E-state index contributed by atoms with van der Waals surface area (Å²) in [5.41, 5.74) is 1.32. The molecule has 0 bridgehead atoms. The molecular formula is C17H14FN3O3S2. The van der Waals surface area contributed by atoms with Crippen LogP contribution in [0.4, 0.5) is 15.8 Å². The van der Waals surface area contributed by atoms with Gasteiger partial charge in [0.05, 0.1) is 20.9 Å². The third kappa shape index (κ3) is 4.00. The van der Waals surface area contributed by atoms with E-state index >= 15 is 0 Å². The van der Waals surface area contributed by atoms with Crippen molar-refractivity contribution in [2.75, 3.05) is 17.2 Å². The highest BCUT2D eigenvalue weighted by Crippen LogP contribution is 2.32. The molecule has 2 aromatic carbocycles. The summed E-state index contributed by atoms with van der Waals surface area (Å²) < 4.78 is 14.4. The summed E-state index contributed by atoms with van der Waals surface area (Å²) in [7, 11) is 0. The number of amides is 1. The van der Waals surface area contributed by atoms with Crippen molar-refractivity contribution in [2.24, 2.45) is 0 Å². The predicted molar refractivity (Wildman–Crippen MR) is 101 cm³/mol. The molecule has 0 radical (unpaired) electrons. The maximum Gasteiger partial charge on any atom is 0.270 e. The molecule has 0 saturated heterocycles. The van der Waals surface area contributed by atoms with Gasteiger partial charge in [-0.15, -0.1) is 11.3 Å². The smallest absolute Gasteiger partial charge is 0.270 e. The van der Waals surface area contributed by atoms with E-state index in [4.69, 9.17) is 0 Å². The lowest BCUT2D eigenvalue weighted by atomic mass is 10.3. The SMILES string of the molecule is CCN(C(=O)CSc1nc2ccc([N+](=O)[O-])cc2s1)c1ccc(F)cc1. The van der Waals surface area contributed by atoms with E-state index in [0.717, 1.165) is 0 Å². The highest BCUT2D eigenvalue weighted by Gasteiger charge is 2.16. The topological polar surface area (TPSA) is 76.3 Å². The maximum absolute atomic E-state index is 13.0. The first-order valence-corrected chi connectivity index (χ1v) is 9.52. The number of rotatable bonds is 6. The number of nitro groups is 1. The Morgan fingerprint density at radius 2 is 2.04 bits per heavy atom. The zero-order chi connectivity index (χ0) is 18.7. The predicted octanol–water partition coefficient (Wildman–Crippen LogP) is 4.49. The van der Waals surface area contributed by atoms with Crippen LogP contribution < -0.4 is 4.90 Å². The largest absolute Gasteiger partial charge is 0.312 e. The van der Waals surface area contributed by atoms with E-state index in [-0.39, 0.29) is 23.2 Å². The van der Waals surface area contributed by atoms with Crippen molar-refractivity contribution in [1.82, 2.24) is 4.98 Å². The third-order valence-electron chi connectivity index (χ3n) is 3.64. The standard InChI is InChI=1S/C17H14FN3O3S2/c1-2-20(12-5-3-11(18)4-6-12)16(22)10-25-17-19-14-8-7-13(21(23)24)9-15(14)26-17/h3-9H,2,10H2,1H3. The zero-order valence-electron chi connectivity index (χ0n) is 13.7. The van der Waals surface area contributed by atoms with Gasteiger partial charge >= 0.3 is 0 Å². The normalized spacial score (nSPS) is 10.8. The summed E-state index contributed by atoms with van der Waals surface area (Å²) in [5, 5.41) is 10.8. The van der Waals surface area contributed by atoms with Crippen LogP contribution in [0, 0.1) is 15.9 Å². The Hall–Kier alpha value is -2.52. The van der Waals surface area contributed by atoms with Gasteiger partial charge in [0.2, 0.25) is 5.91 Å². The number of non-ortho nitro benzene ring substituents is 1. The van der Waals surface area contributed by atoms with Gasteiger partial charge in [-0.05, 0) is 37.3 Å². The van der Waals surface area contributed by atoms with Crippen molar-refractivity contribution in [3.05, 3.63) is 58.4 Å². The molecule has 0 aliphatic heterocycles. The van der Waals surface area contributed by atoms with E-state index in [9.17, 15) is 19.3 Å². The van der Waals surface area contributed by atoms with E-state index < -0.39 is 4.92 Å². The van der Waals surface area contributed by atoms with Gasteiger partial charge in [-0.1, -0.05) is 11.8 Å². The van der Waals surface area contributed by atoms with E-state index in [1.54, 1.807) is 23.1 Å². The lowest BCUT2D eigenvalue weighted by Gasteiger charge is -2.20. The average molecular weight is 391 g/mol. The van der Waals surface area contributed by atoms with E-state index in [0.29, 0.717) is 26.8 Å². The molecule has 0 saturated carbocycles. The number of anilines is 1. The molecule has 26 heavy (non-hydrogen) atoms. The lowest BCUT2D eigenvalue weighted by Crippen LogP contribution is -2.32. The van der Waals surface area contributed by atoms with Gasteiger partial charge in [0.25, 0.3) is 5.69 Å². The second-order valence-corrected chi connectivity index (χ2v) is 7.55. The highest BCUT2D eigenvalue weighted by molar-refractivity contribution is 8.01. The van der Waals surface area contributed by atoms with Crippen LogP contribution in [-0.4, -0.2) is 28.1 Å². The van der Waals surface area contributed by atoms with Crippen LogP contribution >= 0.6 is 23.1 Å². The minimum absolute atomic E-state index is 0.0160. The molecule has 0 spiro atoms.